The van der Waals surface area contributed by atoms with Crippen LogP contribution in [0.5, 0.6) is 0 Å². The molecule has 0 bridgehead atoms. The number of hydrogen-bond acceptors (Lipinski definition) is 2. The number of hydrogen-bond donors (Lipinski definition) is 2. The van der Waals surface area contributed by atoms with Gasteiger partial charge in [-0.3, -0.25) is 4.79 Å². The Hall–Kier alpha value is -1.06. The third-order valence-corrected chi connectivity index (χ3v) is 2.81. The van der Waals surface area contributed by atoms with Crippen molar-refractivity contribution >= 4 is 24.0 Å². The standard InChI is InChI=1S/C15H24N2O.ClH/c1-4-16-11-13-7-5-6-8-14(13)17-15(18)10-9-12(2)3;/h5-8,12,16H,4,9-11H2,1-3H3,(H,17,18);1H. The van der Waals surface area contributed by atoms with Crippen LogP contribution < -0.4 is 10.6 Å². The molecule has 0 spiro atoms. The van der Waals surface area contributed by atoms with Gasteiger partial charge in [0, 0.05) is 18.7 Å². The molecule has 19 heavy (non-hydrogen) atoms. The molecule has 4 heteroatoms. The summed E-state index contributed by atoms with van der Waals surface area (Å²) in [5, 5.41) is 6.27. The van der Waals surface area contributed by atoms with E-state index in [1.54, 1.807) is 0 Å². The van der Waals surface area contributed by atoms with E-state index >= 15 is 0 Å². The first-order valence-electron chi connectivity index (χ1n) is 6.72. The fourth-order valence-electron chi connectivity index (χ4n) is 1.69. The predicted molar refractivity (Wildman–Crippen MR) is 83.8 cm³/mol. The highest BCUT2D eigenvalue weighted by atomic mass is 35.5. The second-order valence-electron chi connectivity index (χ2n) is 4.92. The number of carbonyl (C=O) groups excluding carboxylic acids is 1. The molecule has 0 heterocycles. The van der Waals surface area contributed by atoms with E-state index in [0.717, 1.165) is 30.8 Å². The van der Waals surface area contributed by atoms with Crippen molar-refractivity contribution in [2.45, 2.75) is 40.2 Å². The van der Waals surface area contributed by atoms with Crippen LogP contribution in [-0.4, -0.2) is 12.5 Å². The molecule has 0 unspecified atom stereocenters. The molecule has 0 radical (unpaired) electrons. The topological polar surface area (TPSA) is 41.1 Å². The number of nitrogens with one attached hydrogen (secondary N) is 2. The summed E-state index contributed by atoms with van der Waals surface area (Å²) >= 11 is 0. The average molecular weight is 285 g/mol. The van der Waals surface area contributed by atoms with Gasteiger partial charge in [-0.05, 0) is 30.5 Å². The third-order valence-electron chi connectivity index (χ3n) is 2.81. The average Bonchev–Trinajstić information content (AvgIpc) is 2.35. The Bertz CT molecular complexity index is 380. The quantitative estimate of drug-likeness (QED) is 0.803. The Kier molecular flexibility index (Phi) is 9.27. The van der Waals surface area contributed by atoms with Gasteiger partial charge in [0.05, 0.1) is 0 Å². The predicted octanol–water partition coefficient (Wildman–Crippen LogP) is 3.59. The second kappa shape index (κ2) is 9.82. The van der Waals surface area contributed by atoms with E-state index in [1.165, 1.54) is 0 Å². The van der Waals surface area contributed by atoms with Crippen LogP contribution in [0.4, 0.5) is 5.69 Å². The Balaban J connectivity index is 0.00000324. The SMILES string of the molecule is CCNCc1ccccc1NC(=O)CCC(C)C.Cl. The zero-order valence-corrected chi connectivity index (χ0v) is 12.8. The first kappa shape index (κ1) is 17.9. The molecular weight excluding hydrogens is 260 g/mol. The molecule has 0 aliphatic carbocycles. The van der Waals surface area contributed by atoms with Crippen LogP contribution in [0, 0.1) is 5.92 Å². The number of anilines is 1. The highest BCUT2D eigenvalue weighted by molar-refractivity contribution is 5.91. The fraction of sp³-hybridized carbons (Fsp3) is 0.533. The minimum atomic E-state index is 0. The second-order valence-corrected chi connectivity index (χ2v) is 4.92. The molecule has 1 amide bonds. The molecule has 0 atom stereocenters. The minimum Gasteiger partial charge on any atom is -0.326 e. The monoisotopic (exact) mass is 284 g/mol. The van der Waals surface area contributed by atoms with Crippen LogP contribution in [0.15, 0.2) is 24.3 Å². The number of rotatable bonds is 7. The van der Waals surface area contributed by atoms with Gasteiger partial charge in [-0.1, -0.05) is 39.0 Å². The Morgan fingerprint density at radius 1 is 1.26 bits per heavy atom. The lowest BCUT2D eigenvalue weighted by Gasteiger charge is -2.12. The van der Waals surface area contributed by atoms with E-state index in [-0.39, 0.29) is 18.3 Å². The van der Waals surface area contributed by atoms with Crippen LogP contribution in [0.3, 0.4) is 0 Å². The van der Waals surface area contributed by atoms with Crippen LogP contribution >= 0.6 is 12.4 Å². The normalized spacial score (nSPS) is 10.1. The maximum atomic E-state index is 11.8. The zero-order valence-electron chi connectivity index (χ0n) is 12.0. The lowest BCUT2D eigenvalue weighted by Crippen LogP contribution is -2.17. The number of benzene rings is 1. The molecule has 0 aliphatic heterocycles. The zero-order chi connectivity index (χ0) is 13.4. The summed E-state index contributed by atoms with van der Waals surface area (Å²) in [5.41, 5.74) is 2.06. The Labute approximate surface area is 122 Å². The summed E-state index contributed by atoms with van der Waals surface area (Å²) in [6.45, 7) is 8.05. The van der Waals surface area contributed by atoms with Gasteiger partial charge in [0.1, 0.15) is 0 Å². The highest BCUT2D eigenvalue weighted by Crippen LogP contribution is 2.15. The number of halogens is 1. The van der Waals surface area contributed by atoms with Crippen molar-refractivity contribution in [1.82, 2.24) is 5.32 Å². The molecule has 1 rings (SSSR count). The molecule has 0 aliphatic rings. The first-order chi connectivity index (χ1) is 8.63. The van der Waals surface area contributed by atoms with Crippen molar-refractivity contribution in [3.63, 3.8) is 0 Å². The summed E-state index contributed by atoms with van der Waals surface area (Å²) < 4.78 is 0. The molecule has 0 saturated carbocycles. The van der Waals surface area contributed by atoms with Gasteiger partial charge in [0.2, 0.25) is 5.91 Å². The number of para-hydroxylation sites is 1. The van der Waals surface area contributed by atoms with Gasteiger partial charge in [0.25, 0.3) is 0 Å². The lowest BCUT2D eigenvalue weighted by atomic mass is 10.1. The van der Waals surface area contributed by atoms with E-state index in [0.29, 0.717) is 12.3 Å². The van der Waals surface area contributed by atoms with Crippen molar-refractivity contribution in [1.29, 1.82) is 0 Å². The molecule has 1 aromatic rings. The number of amides is 1. The third kappa shape index (κ3) is 7.19. The van der Waals surface area contributed by atoms with Crippen LogP contribution in [0.25, 0.3) is 0 Å². The van der Waals surface area contributed by atoms with Crippen LogP contribution in [0.2, 0.25) is 0 Å². The van der Waals surface area contributed by atoms with Crippen molar-refractivity contribution in [2.75, 3.05) is 11.9 Å². The van der Waals surface area contributed by atoms with Gasteiger partial charge < -0.3 is 10.6 Å². The molecule has 0 fully saturated rings. The molecule has 2 N–H and O–H groups in total. The van der Waals surface area contributed by atoms with Gasteiger partial charge in [0.15, 0.2) is 0 Å². The van der Waals surface area contributed by atoms with Crippen molar-refractivity contribution in [3.8, 4) is 0 Å². The summed E-state index contributed by atoms with van der Waals surface area (Å²) in [6.07, 6.45) is 1.52. The summed E-state index contributed by atoms with van der Waals surface area (Å²) in [7, 11) is 0. The van der Waals surface area contributed by atoms with Crippen molar-refractivity contribution in [3.05, 3.63) is 29.8 Å². The Morgan fingerprint density at radius 3 is 2.58 bits per heavy atom. The molecular formula is C15H25ClN2O. The number of carbonyl (C=O) groups is 1. The minimum absolute atomic E-state index is 0. The van der Waals surface area contributed by atoms with E-state index in [9.17, 15) is 4.79 Å². The molecule has 1 aromatic carbocycles. The van der Waals surface area contributed by atoms with Gasteiger partial charge in [-0.2, -0.15) is 0 Å². The maximum absolute atomic E-state index is 11.8. The molecule has 0 aromatic heterocycles. The summed E-state index contributed by atoms with van der Waals surface area (Å²) in [6, 6.07) is 7.95. The van der Waals surface area contributed by atoms with Crippen LogP contribution in [-0.2, 0) is 11.3 Å². The van der Waals surface area contributed by atoms with Crippen molar-refractivity contribution < 1.29 is 4.79 Å². The maximum Gasteiger partial charge on any atom is 0.224 e. The van der Waals surface area contributed by atoms with Gasteiger partial charge >= 0.3 is 0 Å². The highest BCUT2D eigenvalue weighted by Gasteiger charge is 2.07. The molecule has 3 nitrogen and oxygen atoms in total. The van der Waals surface area contributed by atoms with Crippen LogP contribution in [0.1, 0.15) is 39.2 Å². The van der Waals surface area contributed by atoms with Gasteiger partial charge in [-0.15, -0.1) is 12.4 Å². The van der Waals surface area contributed by atoms with Gasteiger partial charge in [-0.25, -0.2) is 0 Å². The lowest BCUT2D eigenvalue weighted by molar-refractivity contribution is -0.116. The summed E-state index contributed by atoms with van der Waals surface area (Å²) in [5.74, 6) is 0.667. The van der Waals surface area contributed by atoms with E-state index in [1.807, 2.05) is 24.3 Å². The molecule has 108 valence electrons. The van der Waals surface area contributed by atoms with E-state index < -0.39 is 0 Å². The largest absolute Gasteiger partial charge is 0.326 e. The molecule has 0 saturated heterocycles. The Morgan fingerprint density at radius 2 is 1.95 bits per heavy atom. The smallest absolute Gasteiger partial charge is 0.224 e. The first-order valence-corrected chi connectivity index (χ1v) is 6.72. The van der Waals surface area contributed by atoms with E-state index in [4.69, 9.17) is 0 Å². The summed E-state index contributed by atoms with van der Waals surface area (Å²) in [4.78, 5) is 11.8. The van der Waals surface area contributed by atoms with Crippen molar-refractivity contribution in [2.24, 2.45) is 5.92 Å². The van der Waals surface area contributed by atoms with E-state index in [2.05, 4.69) is 31.4 Å². The fourth-order valence-corrected chi connectivity index (χ4v) is 1.69.